The number of hydrogen-bond donors (Lipinski definition) is 1. The Hall–Kier alpha value is -2.24. The number of aryl methyl sites for hydroxylation is 1. The van der Waals surface area contributed by atoms with E-state index >= 15 is 0 Å². The Morgan fingerprint density at radius 3 is 2.82 bits per heavy atom. The van der Waals surface area contributed by atoms with Crippen LogP contribution in [0.25, 0.3) is 16.9 Å². The lowest BCUT2D eigenvalue weighted by molar-refractivity contribution is 0.282. The van der Waals surface area contributed by atoms with Crippen molar-refractivity contribution in [3.8, 4) is 16.9 Å². The monoisotopic (exact) mass is 317 g/mol. The van der Waals surface area contributed by atoms with Crippen LogP contribution < -0.4 is 0 Å². The molecule has 1 aromatic carbocycles. The molecule has 0 amide bonds. The summed E-state index contributed by atoms with van der Waals surface area (Å²) in [4.78, 5) is 3.61. The molecule has 3 rings (SSSR count). The van der Waals surface area contributed by atoms with Gasteiger partial charge in [0, 0.05) is 29.6 Å². The van der Waals surface area contributed by atoms with Crippen molar-refractivity contribution in [3.05, 3.63) is 64.8 Å². The van der Waals surface area contributed by atoms with E-state index in [9.17, 15) is 9.50 Å². The van der Waals surface area contributed by atoms with E-state index in [2.05, 4.69) is 10.1 Å². The molecule has 3 aromatic rings. The van der Waals surface area contributed by atoms with Crippen molar-refractivity contribution < 1.29 is 9.50 Å². The number of rotatable bonds is 3. The van der Waals surface area contributed by atoms with Crippen molar-refractivity contribution in [2.24, 2.45) is 0 Å². The first kappa shape index (κ1) is 14.7. The predicted octanol–water partition coefficient (Wildman–Crippen LogP) is 3.53. The van der Waals surface area contributed by atoms with Crippen molar-refractivity contribution in [3.63, 3.8) is 0 Å². The molecule has 0 radical (unpaired) electrons. The summed E-state index contributed by atoms with van der Waals surface area (Å²) in [5, 5.41) is 14.6. The van der Waals surface area contributed by atoms with E-state index in [1.807, 2.05) is 25.1 Å². The molecule has 0 spiro atoms. The third-order valence-corrected chi connectivity index (χ3v) is 3.71. The van der Waals surface area contributed by atoms with E-state index < -0.39 is 5.95 Å². The van der Waals surface area contributed by atoms with Crippen molar-refractivity contribution >= 4 is 11.6 Å². The van der Waals surface area contributed by atoms with Gasteiger partial charge < -0.3 is 5.11 Å². The summed E-state index contributed by atoms with van der Waals surface area (Å²) in [6, 6.07) is 8.56. The highest BCUT2D eigenvalue weighted by molar-refractivity contribution is 6.33. The number of nitrogens with zero attached hydrogens (tertiary/aromatic N) is 3. The highest BCUT2D eigenvalue weighted by Gasteiger charge is 2.15. The average Bonchev–Trinajstić information content (AvgIpc) is 2.94. The van der Waals surface area contributed by atoms with Gasteiger partial charge in [-0.3, -0.25) is 0 Å². The van der Waals surface area contributed by atoms with Gasteiger partial charge in [0.1, 0.15) is 0 Å². The second-order valence-electron chi connectivity index (χ2n) is 4.88. The van der Waals surface area contributed by atoms with Gasteiger partial charge in [-0.05, 0) is 18.6 Å². The van der Waals surface area contributed by atoms with Crippen LogP contribution in [0.5, 0.6) is 0 Å². The van der Waals surface area contributed by atoms with Crippen LogP contribution >= 0.6 is 11.6 Å². The highest BCUT2D eigenvalue weighted by Crippen LogP contribution is 2.30. The second kappa shape index (κ2) is 5.87. The molecule has 112 valence electrons. The number of benzene rings is 1. The van der Waals surface area contributed by atoms with Crippen molar-refractivity contribution in [2.45, 2.75) is 13.5 Å². The minimum atomic E-state index is -0.582. The molecule has 4 nitrogen and oxygen atoms in total. The standard InChI is InChI=1S/C16H13ClFN3O/c1-10-7-19-15(18)6-14(10)21-8-11(9-22)16(20-21)12-4-2-3-5-13(12)17/h2-8,22H,9H2,1H3. The van der Waals surface area contributed by atoms with Gasteiger partial charge in [0.2, 0.25) is 5.95 Å². The largest absolute Gasteiger partial charge is 0.392 e. The Labute approximate surface area is 131 Å². The van der Waals surface area contributed by atoms with Crippen molar-refractivity contribution in [1.82, 2.24) is 14.8 Å². The van der Waals surface area contributed by atoms with Gasteiger partial charge in [-0.2, -0.15) is 9.49 Å². The van der Waals surface area contributed by atoms with Crippen LogP contribution in [-0.4, -0.2) is 19.9 Å². The van der Waals surface area contributed by atoms with Gasteiger partial charge in [-0.1, -0.05) is 29.8 Å². The molecule has 22 heavy (non-hydrogen) atoms. The SMILES string of the molecule is Cc1cnc(F)cc1-n1cc(CO)c(-c2ccccc2Cl)n1. The van der Waals surface area contributed by atoms with Crippen molar-refractivity contribution in [2.75, 3.05) is 0 Å². The summed E-state index contributed by atoms with van der Waals surface area (Å²) in [6.45, 7) is 1.63. The van der Waals surface area contributed by atoms with E-state index in [1.165, 1.54) is 16.9 Å². The minimum absolute atomic E-state index is 0.187. The fourth-order valence-electron chi connectivity index (χ4n) is 2.26. The van der Waals surface area contributed by atoms with Gasteiger partial charge in [0.15, 0.2) is 0 Å². The number of aromatic nitrogens is 3. The lowest BCUT2D eigenvalue weighted by atomic mass is 10.1. The number of aliphatic hydroxyl groups excluding tert-OH is 1. The molecule has 0 bridgehead atoms. The highest BCUT2D eigenvalue weighted by atomic mass is 35.5. The Kier molecular flexibility index (Phi) is 3.92. The molecule has 0 aliphatic heterocycles. The molecule has 2 aromatic heterocycles. The molecule has 0 fully saturated rings. The third kappa shape index (κ3) is 2.61. The number of hydrogen-bond acceptors (Lipinski definition) is 3. The van der Waals surface area contributed by atoms with Crippen LogP contribution in [0.15, 0.2) is 42.7 Å². The fraction of sp³-hybridized carbons (Fsp3) is 0.125. The predicted molar refractivity (Wildman–Crippen MR) is 82.4 cm³/mol. The van der Waals surface area contributed by atoms with Crippen LogP contribution in [0.3, 0.4) is 0 Å². The molecule has 0 aliphatic rings. The topological polar surface area (TPSA) is 50.9 Å². The Morgan fingerprint density at radius 2 is 2.09 bits per heavy atom. The quantitative estimate of drug-likeness (QED) is 0.752. The zero-order valence-electron chi connectivity index (χ0n) is 11.8. The summed E-state index contributed by atoms with van der Waals surface area (Å²) in [5.74, 6) is -0.582. The van der Waals surface area contributed by atoms with Gasteiger partial charge in [-0.15, -0.1) is 0 Å². The Morgan fingerprint density at radius 1 is 1.32 bits per heavy atom. The fourth-order valence-corrected chi connectivity index (χ4v) is 2.49. The number of pyridine rings is 1. The second-order valence-corrected chi connectivity index (χ2v) is 5.29. The lowest BCUT2D eigenvalue weighted by Gasteiger charge is -2.05. The summed E-state index contributed by atoms with van der Waals surface area (Å²) in [5.41, 5.74) is 3.26. The van der Waals surface area contributed by atoms with Crippen LogP contribution in [0.4, 0.5) is 4.39 Å². The average molecular weight is 318 g/mol. The van der Waals surface area contributed by atoms with Gasteiger partial charge in [0.05, 0.1) is 23.0 Å². The van der Waals surface area contributed by atoms with E-state index in [0.717, 1.165) is 11.1 Å². The van der Waals surface area contributed by atoms with Crippen LogP contribution in [0.2, 0.25) is 5.02 Å². The van der Waals surface area contributed by atoms with E-state index in [4.69, 9.17) is 11.6 Å². The Balaban J connectivity index is 2.17. The summed E-state index contributed by atoms with van der Waals surface area (Å²) >= 11 is 6.20. The molecule has 0 aliphatic carbocycles. The molecule has 2 heterocycles. The molecule has 1 N–H and O–H groups in total. The molecule has 6 heteroatoms. The minimum Gasteiger partial charge on any atom is -0.392 e. The van der Waals surface area contributed by atoms with Crippen LogP contribution in [0, 0.1) is 12.9 Å². The van der Waals surface area contributed by atoms with E-state index in [0.29, 0.717) is 22.0 Å². The maximum Gasteiger partial charge on any atom is 0.214 e. The smallest absolute Gasteiger partial charge is 0.214 e. The Bertz CT molecular complexity index is 832. The lowest BCUT2D eigenvalue weighted by Crippen LogP contribution is -2.00. The molecule has 0 saturated carbocycles. The van der Waals surface area contributed by atoms with Gasteiger partial charge in [-0.25, -0.2) is 9.67 Å². The van der Waals surface area contributed by atoms with Crippen LogP contribution in [-0.2, 0) is 6.61 Å². The number of aliphatic hydroxyl groups is 1. The first-order chi connectivity index (χ1) is 10.6. The van der Waals surface area contributed by atoms with Gasteiger partial charge in [0.25, 0.3) is 0 Å². The summed E-state index contributed by atoms with van der Waals surface area (Å²) in [6.07, 6.45) is 3.11. The molecule has 0 atom stereocenters. The number of halogens is 2. The molecular weight excluding hydrogens is 305 g/mol. The normalized spacial score (nSPS) is 10.9. The maximum atomic E-state index is 13.4. The van der Waals surface area contributed by atoms with Crippen molar-refractivity contribution in [1.29, 1.82) is 0 Å². The zero-order valence-corrected chi connectivity index (χ0v) is 12.5. The molecule has 0 unspecified atom stereocenters. The molecule has 0 saturated heterocycles. The first-order valence-electron chi connectivity index (χ1n) is 6.67. The first-order valence-corrected chi connectivity index (χ1v) is 7.04. The summed E-state index contributed by atoms with van der Waals surface area (Å²) < 4.78 is 14.9. The van der Waals surface area contributed by atoms with E-state index in [1.54, 1.807) is 12.3 Å². The molecular formula is C16H13ClFN3O. The van der Waals surface area contributed by atoms with Crippen LogP contribution in [0.1, 0.15) is 11.1 Å². The third-order valence-electron chi connectivity index (χ3n) is 3.38. The zero-order chi connectivity index (χ0) is 15.7. The van der Waals surface area contributed by atoms with E-state index in [-0.39, 0.29) is 6.61 Å². The van der Waals surface area contributed by atoms with Gasteiger partial charge >= 0.3 is 0 Å². The maximum absolute atomic E-state index is 13.4. The summed E-state index contributed by atoms with van der Waals surface area (Å²) in [7, 11) is 0.